The fourth-order valence-electron chi connectivity index (χ4n) is 2.46. The lowest BCUT2D eigenvalue weighted by atomic mass is 10.1. The molecule has 1 aromatic heterocycles. The topological polar surface area (TPSA) is 59.2 Å². The molecular formula is C14H13ClFN3O2. The van der Waals surface area contributed by atoms with Gasteiger partial charge in [-0.25, -0.2) is 4.39 Å². The van der Waals surface area contributed by atoms with E-state index < -0.39 is 5.82 Å². The van der Waals surface area contributed by atoms with Crippen molar-refractivity contribution in [1.29, 1.82) is 0 Å². The van der Waals surface area contributed by atoms with Crippen LogP contribution in [0, 0.1) is 12.7 Å². The number of amides is 1. The van der Waals surface area contributed by atoms with Crippen LogP contribution in [-0.4, -0.2) is 34.0 Å². The minimum absolute atomic E-state index is 0.00510. The fourth-order valence-corrected chi connectivity index (χ4v) is 2.62. The normalized spacial score (nSPS) is 18.2. The molecule has 0 saturated carbocycles. The van der Waals surface area contributed by atoms with Gasteiger partial charge in [-0.2, -0.15) is 4.98 Å². The van der Waals surface area contributed by atoms with Gasteiger partial charge in [0.1, 0.15) is 5.82 Å². The molecule has 0 N–H and O–H groups in total. The first-order valence-electron chi connectivity index (χ1n) is 6.59. The van der Waals surface area contributed by atoms with Crippen LogP contribution >= 0.6 is 11.6 Å². The summed E-state index contributed by atoms with van der Waals surface area (Å²) in [5.41, 5.74) is 0.0294. The van der Waals surface area contributed by atoms with Crippen LogP contribution in [0.5, 0.6) is 0 Å². The van der Waals surface area contributed by atoms with E-state index in [1.807, 2.05) is 0 Å². The minimum atomic E-state index is -0.607. The third-order valence-corrected chi connectivity index (χ3v) is 3.76. The number of carbonyl (C=O) groups is 1. The Balaban J connectivity index is 1.75. The maximum Gasteiger partial charge on any atom is 0.256 e. The highest BCUT2D eigenvalue weighted by Crippen LogP contribution is 2.27. The summed E-state index contributed by atoms with van der Waals surface area (Å²) >= 11 is 5.69. The molecule has 2 aromatic rings. The molecule has 1 aliphatic rings. The van der Waals surface area contributed by atoms with Crippen molar-refractivity contribution < 1.29 is 13.7 Å². The molecule has 1 amide bonds. The molecule has 5 nitrogen and oxygen atoms in total. The molecule has 0 spiro atoms. The highest BCUT2D eigenvalue weighted by Gasteiger charge is 2.32. The van der Waals surface area contributed by atoms with Crippen LogP contribution in [-0.2, 0) is 0 Å². The molecule has 1 aromatic carbocycles. The molecular weight excluding hydrogens is 297 g/mol. The highest BCUT2D eigenvalue weighted by molar-refractivity contribution is 6.30. The van der Waals surface area contributed by atoms with Crippen LogP contribution < -0.4 is 0 Å². The van der Waals surface area contributed by atoms with Gasteiger partial charge >= 0.3 is 0 Å². The summed E-state index contributed by atoms with van der Waals surface area (Å²) in [5.74, 6) is 0.149. The van der Waals surface area contributed by atoms with E-state index in [9.17, 15) is 9.18 Å². The van der Waals surface area contributed by atoms with Crippen molar-refractivity contribution in [3.05, 3.63) is 46.3 Å². The monoisotopic (exact) mass is 309 g/mol. The number of aryl methyl sites for hydroxylation is 1. The molecule has 1 fully saturated rings. The molecule has 0 bridgehead atoms. The van der Waals surface area contributed by atoms with E-state index in [1.165, 1.54) is 12.1 Å². The standard InChI is InChI=1S/C14H13ClFN3O2/c1-8-17-13(21-18-8)9-4-5-19(7-9)14(20)11-3-2-10(15)6-12(11)16/h2-3,6,9H,4-5,7H2,1H3/t9-/m1/s1. The Labute approximate surface area is 125 Å². The summed E-state index contributed by atoms with van der Waals surface area (Å²) in [6.45, 7) is 2.73. The Bertz CT molecular complexity index is 689. The number of aromatic nitrogens is 2. The molecule has 110 valence electrons. The highest BCUT2D eigenvalue weighted by atomic mass is 35.5. The number of carbonyl (C=O) groups excluding carboxylic acids is 1. The summed E-state index contributed by atoms with van der Waals surface area (Å²) in [7, 11) is 0. The zero-order chi connectivity index (χ0) is 15.0. The van der Waals surface area contributed by atoms with Gasteiger partial charge in [0.15, 0.2) is 5.82 Å². The van der Waals surface area contributed by atoms with Crippen LogP contribution in [0.1, 0.15) is 34.4 Å². The number of rotatable bonds is 2. The second-order valence-electron chi connectivity index (χ2n) is 5.04. The first-order chi connectivity index (χ1) is 10.0. The van der Waals surface area contributed by atoms with Gasteiger partial charge in [-0.3, -0.25) is 4.79 Å². The number of likely N-dealkylation sites (tertiary alicyclic amines) is 1. The third-order valence-electron chi connectivity index (χ3n) is 3.53. The van der Waals surface area contributed by atoms with Gasteiger partial charge in [0, 0.05) is 18.1 Å². The van der Waals surface area contributed by atoms with Crippen molar-refractivity contribution >= 4 is 17.5 Å². The molecule has 1 atom stereocenters. The quantitative estimate of drug-likeness (QED) is 0.856. The van der Waals surface area contributed by atoms with Crippen LogP contribution in [0.4, 0.5) is 4.39 Å². The first-order valence-corrected chi connectivity index (χ1v) is 6.97. The number of benzene rings is 1. The predicted octanol–water partition coefficient (Wildman–Crippen LogP) is 2.80. The van der Waals surface area contributed by atoms with Gasteiger partial charge in [-0.1, -0.05) is 16.8 Å². The average Bonchev–Trinajstić information content (AvgIpc) is 3.06. The van der Waals surface area contributed by atoms with Gasteiger partial charge < -0.3 is 9.42 Å². The summed E-state index contributed by atoms with van der Waals surface area (Å²) < 4.78 is 18.9. The molecule has 1 saturated heterocycles. The van der Waals surface area contributed by atoms with E-state index in [0.29, 0.717) is 24.8 Å². The number of nitrogens with zero attached hydrogens (tertiary/aromatic N) is 3. The predicted molar refractivity (Wildman–Crippen MR) is 73.7 cm³/mol. The smallest absolute Gasteiger partial charge is 0.256 e. The second kappa shape index (κ2) is 5.44. The summed E-state index contributed by atoms with van der Waals surface area (Å²) in [5, 5.41) is 4.02. The van der Waals surface area contributed by atoms with Gasteiger partial charge in [-0.05, 0) is 31.5 Å². The van der Waals surface area contributed by atoms with Crippen molar-refractivity contribution in [2.24, 2.45) is 0 Å². The zero-order valence-electron chi connectivity index (χ0n) is 11.3. The number of halogens is 2. The molecule has 0 unspecified atom stereocenters. The average molecular weight is 310 g/mol. The van der Waals surface area contributed by atoms with Gasteiger partial charge in [0.05, 0.1) is 11.5 Å². The molecule has 0 radical (unpaired) electrons. The lowest BCUT2D eigenvalue weighted by Gasteiger charge is -2.16. The van der Waals surface area contributed by atoms with E-state index in [-0.39, 0.29) is 22.4 Å². The Morgan fingerprint density at radius 3 is 3.00 bits per heavy atom. The number of hydrogen-bond acceptors (Lipinski definition) is 4. The summed E-state index contributed by atoms with van der Waals surface area (Å²) in [6, 6.07) is 4.06. The Morgan fingerprint density at radius 1 is 1.52 bits per heavy atom. The van der Waals surface area contributed by atoms with Gasteiger partial charge in [-0.15, -0.1) is 0 Å². The van der Waals surface area contributed by atoms with E-state index in [4.69, 9.17) is 16.1 Å². The molecule has 3 rings (SSSR count). The molecule has 2 heterocycles. The van der Waals surface area contributed by atoms with Crippen molar-refractivity contribution in [2.75, 3.05) is 13.1 Å². The van der Waals surface area contributed by atoms with Crippen molar-refractivity contribution in [1.82, 2.24) is 15.0 Å². The van der Waals surface area contributed by atoms with Crippen molar-refractivity contribution in [2.45, 2.75) is 19.3 Å². The lowest BCUT2D eigenvalue weighted by Crippen LogP contribution is -2.29. The molecule has 1 aliphatic heterocycles. The second-order valence-corrected chi connectivity index (χ2v) is 5.48. The van der Waals surface area contributed by atoms with Gasteiger partial charge in [0.25, 0.3) is 5.91 Å². The van der Waals surface area contributed by atoms with Crippen LogP contribution in [0.2, 0.25) is 5.02 Å². The molecule has 21 heavy (non-hydrogen) atoms. The third kappa shape index (κ3) is 2.76. The van der Waals surface area contributed by atoms with E-state index >= 15 is 0 Å². The fraction of sp³-hybridized carbons (Fsp3) is 0.357. The van der Waals surface area contributed by atoms with E-state index in [1.54, 1.807) is 11.8 Å². The summed E-state index contributed by atoms with van der Waals surface area (Å²) in [4.78, 5) is 18.1. The van der Waals surface area contributed by atoms with E-state index in [2.05, 4.69) is 10.1 Å². The lowest BCUT2D eigenvalue weighted by molar-refractivity contribution is 0.0785. The largest absolute Gasteiger partial charge is 0.339 e. The number of hydrogen-bond donors (Lipinski definition) is 0. The minimum Gasteiger partial charge on any atom is -0.339 e. The Kier molecular flexibility index (Phi) is 3.63. The van der Waals surface area contributed by atoms with Crippen molar-refractivity contribution in [3.8, 4) is 0 Å². The van der Waals surface area contributed by atoms with Crippen LogP contribution in [0.25, 0.3) is 0 Å². The Morgan fingerprint density at radius 2 is 2.33 bits per heavy atom. The maximum absolute atomic E-state index is 13.8. The first kappa shape index (κ1) is 14.0. The molecule has 0 aliphatic carbocycles. The van der Waals surface area contributed by atoms with Crippen LogP contribution in [0.3, 0.4) is 0 Å². The Hall–Kier alpha value is -1.95. The SMILES string of the molecule is Cc1noc([C@@H]2CCN(C(=O)c3ccc(Cl)cc3F)C2)n1. The maximum atomic E-state index is 13.8. The zero-order valence-corrected chi connectivity index (χ0v) is 12.1. The van der Waals surface area contributed by atoms with E-state index in [0.717, 1.165) is 12.5 Å². The van der Waals surface area contributed by atoms with Crippen LogP contribution in [0.15, 0.2) is 22.7 Å². The van der Waals surface area contributed by atoms with Crippen molar-refractivity contribution in [3.63, 3.8) is 0 Å². The van der Waals surface area contributed by atoms with Gasteiger partial charge in [0.2, 0.25) is 5.89 Å². The summed E-state index contributed by atoms with van der Waals surface area (Å²) in [6.07, 6.45) is 0.725. The molecule has 7 heteroatoms.